The van der Waals surface area contributed by atoms with E-state index < -0.39 is 0 Å². The van der Waals surface area contributed by atoms with Crippen molar-refractivity contribution in [3.63, 3.8) is 0 Å². The average molecular weight is 348 g/mol. The first-order valence-corrected chi connectivity index (χ1v) is 10.3. The molecule has 0 aliphatic carbocycles. The molecule has 0 unspecified atom stereocenters. The molecule has 0 atom stereocenters. The van der Waals surface area contributed by atoms with Gasteiger partial charge in [0.05, 0.1) is 20.6 Å². The van der Waals surface area contributed by atoms with Gasteiger partial charge in [0.1, 0.15) is 0 Å². The molecule has 0 bridgehead atoms. The van der Waals surface area contributed by atoms with Gasteiger partial charge in [-0.3, -0.25) is 0 Å². The first-order chi connectivity index (χ1) is 11.1. The minimum Gasteiger partial charge on any atom is -0.385 e. The zero-order chi connectivity index (χ0) is 17.2. The first-order valence-electron chi connectivity index (χ1n) is 9.85. The van der Waals surface area contributed by atoms with Gasteiger partial charge in [-0.25, -0.2) is 4.59 Å². The van der Waals surface area contributed by atoms with Gasteiger partial charge in [0, 0.05) is 13.7 Å². The van der Waals surface area contributed by atoms with Crippen LogP contribution in [0.15, 0.2) is 0 Å². The molecule has 0 aliphatic heterocycles. The van der Waals surface area contributed by atoms with Gasteiger partial charge in [0.15, 0.2) is 0 Å². The highest BCUT2D eigenvalue weighted by molar-refractivity contribution is 7.77. The predicted molar refractivity (Wildman–Crippen MR) is 106 cm³/mol. The number of nitrogens with zero attached hydrogens (tertiary/aromatic N) is 1. The summed E-state index contributed by atoms with van der Waals surface area (Å²) in [6.45, 7) is 2.10. The van der Waals surface area contributed by atoms with E-state index in [1.54, 1.807) is 7.11 Å². The minimum absolute atomic E-state index is 0.801. The Kier molecular flexibility index (Phi) is 17.2. The summed E-state index contributed by atoms with van der Waals surface area (Å²) >= 11 is 4.15. The topological polar surface area (TPSA) is 21.3 Å². The third-order valence-corrected chi connectivity index (χ3v) is 5.13. The van der Waals surface area contributed by atoms with Crippen molar-refractivity contribution in [3.8, 4) is 0 Å². The molecule has 0 heterocycles. The van der Waals surface area contributed by atoms with E-state index in [4.69, 9.17) is 4.74 Å². The van der Waals surface area contributed by atoms with Crippen LogP contribution in [0.25, 0.3) is 0 Å². The quantitative estimate of drug-likeness (QED) is 0.147. The maximum absolute atomic E-state index is 5.07. The summed E-state index contributed by atoms with van der Waals surface area (Å²) in [6, 6.07) is 0. The highest BCUT2D eigenvalue weighted by Gasteiger charge is 2.10. The molecule has 140 valence electrons. The fourth-order valence-electron chi connectivity index (χ4n) is 2.92. The lowest BCUT2D eigenvalue weighted by atomic mass is 10.0. The van der Waals surface area contributed by atoms with Crippen molar-refractivity contribution in [1.82, 2.24) is 4.83 Å². The molecule has 0 aromatic rings. The Bertz CT molecular complexity index is 237. The second kappa shape index (κ2) is 17.1. The number of hydrogen-bond donors (Lipinski definition) is 2. The molecule has 4 heteroatoms. The SMILES string of the molecule is COCCCCCCCCCCCCCCCC[N+](C)(C)NS. The lowest BCUT2D eigenvalue weighted by Gasteiger charge is -2.26. The molecule has 0 rings (SSSR count). The van der Waals surface area contributed by atoms with E-state index in [0.29, 0.717) is 0 Å². The van der Waals surface area contributed by atoms with Crippen LogP contribution < -0.4 is 4.83 Å². The molecule has 0 amide bonds. The van der Waals surface area contributed by atoms with Gasteiger partial charge in [-0.1, -0.05) is 70.6 Å². The van der Waals surface area contributed by atoms with E-state index in [0.717, 1.165) is 17.7 Å². The lowest BCUT2D eigenvalue weighted by molar-refractivity contribution is -0.918. The third kappa shape index (κ3) is 18.4. The zero-order valence-corrected chi connectivity index (χ0v) is 17.0. The Balaban J connectivity index is 3.05. The molecule has 0 saturated heterocycles. The van der Waals surface area contributed by atoms with Gasteiger partial charge in [0.25, 0.3) is 0 Å². The van der Waals surface area contributed by atoms with Crippen LogP contribution >= 0.6 is 12.8 Å². The minimum atomic E-state index is 0.801. The zero-order valence-electron chi connectivity index (χ0n) is 16.1. The van der Waals surface area contributed by atoms with Crippen molar-refractivity contribution in [1.29, 1.82) is 0 Å². The Hall–Kier alpha value is 0.230. The molecular formula is C19H43N2OS+. The van der Waals surface area contributed by atoms with Crippen LogP contribution in [-0.4, -0.2) is 38.9 Å². The number of methoxy groups -OCH3 is 1. The molecule has 0 radical (unpaired) electrons. The van der Waals surface area contributed by atoms with Gasteiger partial charge in [-0.05, 0) is 32.1 Å². The van der Waals surface area contributed by atoms with E-state index >= 15 is 0 Å². The molecule has 23 heavy (non-hydrogen) atoms. The molecule has 0 spiro atoms. The summed E-state index contributed by atoms with van der Waals surface area (Å²) < 4.78 is 5.87. The first kappa shape index (κ1) is 23.2. The number of quaternary nitrogens is 1. The molecular weight excluding hydrogens is 304 g/mol. The predicted octanol–water partition coefficient (Wildman–Crippen LogP) is 5.52. The van der Waals surface area contributed by atoms with E-state index in [-0.39, 0.29) is 0 Å². The standard InChI is InChI=1S/C19H43N2OS/c1-21(2,20-23)18-16-14-12-10-8-6-4-5-7-9-11-13-15-17-19-22-3/h20,23H,4-19H2,1-3H3/q+1. The van der Waals surface area contributed by atoms with Gasteiger partial charge >= 0.3 is 0 Å². The summed E-state index contributed by atoms with van der Waals surface area (Å²) in [5, 5.41) is 0. The van der Waals surface area contributed by atoms with Crippen LogP contribution in [0.3, 0.4) is 0 Å². The van der Waals surface area contributed by atoms with Gasteiger partial charge in [0.2, 0.25) is 0 Å². The summed E-state index contributed by atoms with van der Waals surface area (Å²) in [6.07, 6.45) is 19.5. The van der Waals surface area contributed by atoms with Crippen LogP contribution in [0, 0.1) is 0 Å². The number of nitrogens with one attached hydrogen (secondary N) is 1. The third-order valence-electron chi connectivity index (χ3n) is 4.59. The van der Waals surface area contributed by atoms with E-state index in [1.165, 1.54) is 89.9 Å². The van der Waals surface area contributed by atoms with Gasteiger partial charge in [-0.15, -0.1) is 4.83 Å². The molecule has 0 fully saturated rings. The second-order valence-electron chi connectivity index (χ2n) is 7.45. The smallest absolute Gasteiger partial charge is 0.0965 e. The molecule has 1 N–H and O–H groups in total. The molecule has 3 nitrogen and oxygen atoms in total. The number of unbranched alkanes of at least 4 members (excludes halogenated alkanes) is 13. The van der Waals surface area contributed by atoms with Crippen LogP contribution in [-0.2, 0) is 4.74 Å². The van der Waals surface area contributed by atoms with Crippen molar-refractivity contribution >= 4 is 12.8 Å². The van der Waals surface area contributed by atoms with E-state index in [2.05, 4.69) is 31.7 Å². The lowest BCUT2D eigenvalue weighted by Crippen LogP contribution is -2.47. The molecule has 0 aliphatic rings. The number of ether oxygens (including phenoxy) is 1. The van der Waals surface area contributed by atoms with Crippen LogP contribution in [0.1, 0.15) is 89.9 Å². The maximum atomic E-state index is 5.07. The van der Waals surface area contributed by atoms with Crippen LogP contribution in [0.5, 0.6) is 0 Å². The van der Waals surface area contributed by atoms with Crippen molar-refractivity contribution in [2.75, 3.05) is 34.4 Å². The maximum Gasteiger partial charge on any atom is 0.0965 e. The largest absolute Gasteiger partial charge is 0.385 e. The van der Waals surface area contributed by atoms with Crippen LogP contribution in [0.4, 0.5) is 0 Å². The Morgan fingerprint density at radius 3 is 1.35 bits per heavy atom. The highest BCUT2D eigenvalue weighted by Crippen LogP contribution is 2.13. The number of hydrogen-bond acceptors (Lipinski definition) is 3. The molecule has 0 saturated carbocycles. The Morgan fingerprint density at radius 1 is 0.652 bits per heavy atom. The normalized spacial score (nSPS) is 12.0. The monoisotopic (exact) mass is 347 g/mol. The Labute approximate surface area is 151 Å². The number of thiol groups is 1. The summed E-state index contributed by atoms with van der Waals surface area (Å²) in [4.78, 5) is 3.02. The van der Waals surface area contributed by atoms with E-state index in [1.807, 2.05) is 0 Å². The second-order valence-corrected chi connectivity index (χ2v) is 7.65. The van der Waals surface area contributed by atoms with Crippen molar-refractivity contribution in [3.05, 3.63) is 0 Å². The molecule has 0 aromatic heterocycles. The van der Waals surface area contributed by atoms with Crippen molar-refractivity contribution in [2.45, 2.75) is 89.9 Å². The fraction of sp³-hybridized carbons (Fsp3) is 1.00. The van der Waals surface area contributed by atoms with Gasteiger partial charge < -0.3 is 4.74 Å². The Morgan fingerprint density at radius 2 is 1.00 bits per heavy atom. The summed E-state index contributed by atoms with van der Waals surface area (Å²) in [7, 11) is 6.11. The van der Waals surface area contributed by atoms with Crippen molar-refractivity contribution in [2.24, 2.45) is 0 Å². The van der Waals surface area contributed by atoms with Crippen LogP contribution in [0.2, 0.25) is 0 Å². The summed E-state index contributed by atoms with van der Waals surface area (Å²) in [5.41, 5.74) is 0. The van der Waals surface area contributed by atoms with Crippen molar-refractivity contribution < 1.29 is 9.33 Å². The average Bonchev–Trinajstić information content (AvgIpc) is 2.54. The van der Waals surface area contributed by atoms with E-state index in [9.17, 15) is 0 Å². The number of rotatable bonds is 18. The molecule has 0 aromatic carbocycles. The summed E-state index contributed by atoms with van der Waals surface area (Å²) in [5.74, 6) is 0. The fourth-order valence-corrected chi connectivity index (χ4v) is 3.02. The highest BCUT2D eigenvalue weighted by atomic mass is 32.1. The van der Waals surface area contributed by atoms with Gasteiger partial charge in [-0.2, -0.15) is 0 Å².